The molecule has 0 spiro atoms. The van der Waals surface area contributed by atoms with Crippen LogP contribution in [-0.2, 0) is 6.54 Å². The summed E-state index contributed by atoms with van der Waals surface area (Å²) in [4.78, 5) is 23.9. The Labute approximate surface area is 147 Å². The highest BCUT2D eigenvalue weighted by atomic mass is 35.5. The molecule has 1 N–H and O–H groups in total. The number of halogens is 2. The van der Waals surface area contributed by atoms with Gasteiger partial charge >= 0.3 is 0 Å². The van der Waals surface area contributed by atoms with Crippen molar-refractivity contribution >= 4 is 34.8 Å². The van der Waals surface area contributed by atoms with Crippen LogP contribution in [0.2, 0.25) is 10.0 Å². The van der Waals surface area contributed by atoms with Crippen molar-refractivity contribution in [3.05, 3.63) is 86.6 Å². The minimum Gasteiger partial charge on any atom is -0.454 e. The van der Waals surface area contributed by atoms with Crippen molar-refractivity contribution in [1.29, 1.82) is 0 Å². The predicted octanol–water partition coefficient (Wildman–Crippen LogP) is 4.05. The van der Waals surface area contributed by atoms with Crippen LogP contribution >= 0.6 is 23.2 Å². The molecule has 0 unspecified atom stereocenters. The molecule has 24 heavy (non-hydrogen) atoms. The predicted molar refractivity (Wildman–Crippen MR) is 92.9 cm³/mol. The van der Waals surface area contributed by atoms with Gasteiger partial charge in [-0.05, 0) is 30.3 Å². The van der Waals surface area contributed by atoms with Crippen LogP contribution in [0.15, 0.2) is 63.9 Å². The zero-order valence-corrected chi connectivity index (χ0v) is 13.8. The van der Waals surface area contributed by atoms with Crippen LogP contribution in [0.1, 0.15) is 16.3 Å². The van der Waals surface area contributed by atoms with Gasteiger partial charge in [-0.1, -0.05) is 35.3 Å². The molecular formula is C17H12Cl2N2O3. The third-order valence-corrected chi connectivity index (χ3v) is 4.13. The van der Waals surface area contributed by atoms with Crippen molar-refractivity contribution in [1.82, 2.24) is 4.57 Å². The lowest BCUT2D eigenvalue weighted by atomic mass is 10.3. The van der Waals surface area contributed by atoms with Gasteiger partial charge in [0.15, 0.2) is 5.76 Å². The number of benzene rings is 1. The number of rotatable bonds is 4. The van der Waals surface area contributed by atoms with Crippen LogP contribution in [0.5, 0.6) is 0 Å². The standard InChI is InChI=1S/C17H12Cl2N2O3/c18-12-4-3-5-13(16(12)19)20-17(23)14-8-7-11(24-14)10-21-9-2-1-6-15(21)22/h1-9H,10H2,(H,20,23). The van der Waals surface area contributed by atoms with E-state index in [0.717, 1.165) is 0 Å². The molecule has 0 bridgehead atoms. The van der Waals surface area contributed by atoms with Gasteiger partial charge in [0.2, 0.25) is 0 Å². The van der Waals surface area contributed by atoms with E-state index in [9.17, 15) is 9.59 Å². The molecule has 2 aromatic heterocycles. The number of aromatic nitrogens is 1. The number of carbonyl (C=O) groups excluding carboxylic acids is 1. The topological polar surface area (TPSA) is 64.2 Å². The molecule has 0 aliphatic rings. The van der Waals surface area contributed by atoms with Crippen LogP contribution in [0.3, 0.4) is 0 Å². The van der Waals surface area contributed by atoms with E-state index in [1.807, 2.05) is 0 Å². The Morgan fingerprint density at radius 3 is 2.71 bits per heavy atom. The molecule has 0 fully saturated rings. The normalized spacial score (nSPS) is 10.6. The Morgan fingerprint density at radius 2 is 1.92 bits per heavy atom. The number of carbonyl (C=O) groups is 1. The van der Waals surface area contributed by atoms with Crippen LogP contribution in [0, 0.1) is 0 Å². The van der Waals surface area contributed by atoms with Crippen LogP contribution < -0.4 is 10.9 Å². The molecule has 5 nitrogen and oxygen atoms in total. The van der Waals surface area contributed by atoms with Gasteiger partial charge in [0, 0.05) is 12.3 Å². The Kier molecular flexibility index (Phi) is 4.74. The number of nitrogens with zero attached hydrogens (tertiary/aromatic N) is 1. The summed E-state index contributed by atoms with van der Waals surface area (Å²) in [6.07, 6.45) is 1.65. The van der Waals surface area contributed by atoms with Gasteiger partial charge in [-0.15, -0.1) is 0 Å². The largest absolute Gasteiger partial charge is 0.454 e. The van der Waals surface area contributed by atoms with Gasteiger partial charge in [-0.25, -0.2) is 0 Å². The van der Waals surface area contributed by atoms with Gasteiger partial charge in [-0.3, -0.25) is 9.59 Å². The van der Waals surface area contributed by atoms with E-state index in [1.54, 1.807) is 42.6 Å². The molecule has 1 aromatic carbocycles. The Bertz CT molecular complexity index is 947. The SMILES string of the molecule is O=C(Nc1cccc(Cl)c1Cl)c1ccc(Cn2ccccc2=O)o1. The summed E-state index contributed by atoms with van der Waals surface area (Å²) in [6.45, 7) is 0.241. The molecule has 0 aliphatic heterocycles. The maximum Gasteiger partial charge on any atom is 0.291 e. The number of hydrogen-bond acceptors (Lipinski definition) is 3. The molecule has 0 saturated heterocycles. The van der Waals surface area contributed by atoms with Gasteiger partial charge in [0.05, 0.1) is 22.3 Å². The first-order chi connectivity index (χ1) is 11.5. The molecular weight excluding hydrogens is 351 g/mol. The molecule has 122 valence electrons. The first-order valence-corrected chi connectivity index (χ1v) is 7.80. The molecule has 1 amide bonds. The number of furan rings is 1. The van der Waals surface area contributed by atoms with Crippen LogP contribution in [-0.4, -0.2) is 10.5 Å². The fourth-order valence-corrected chi connectivity index (χ4v) is 2.48. The second-order valence-electron chi connectivity index (χ2n) is 4.99. The van der Waals surface area contributed by atoms with Crippen LogP contribution in [0.4, 0.5) is 5.69 Å². The first kappa shape index (κ1) is 16.4. The monoisotopic (exact) mass is 362 g/mol. The highest BCUT2D eigenvalue weighted by Crippen LogP contribution is 2.29. The second kappa shape index (κ2) is 6.95. The summed E-state index contributed by atoms with van der Waals surface area (Å²) in [5.41, 5.74) is 0.247. The molecule has 0 radical (unpaired) electrons. The van der Waals surface area contributed by atoms with E-state index >= 15 is 0 Å². The van der Waals surface area contributed by atoms with Gasteiger partial charge in [-0.2, -0.15) is 0 Å². The molecule has 0 aliphatic carbocycles. The Morgan fingerprint density at radius 1 is 1.08 bits per heavy atom. The molecule has 3 rings (SSSR count). The molecule has 0 atom stereocenters. The van der Waals surface area contributed by atoms with Gasteiger partial charge in [0.1, 0.15) is 5.76 Å². The van der Waals surface area contributed by atoms with E-state index in [-0.39, 0.29) is 22.9 Å². The smallest absolute Gasteiger partial charge is 0.291 e. The number of amides is 1. The van der Waals surface area contributed by atoms with Crippen molar-refractivity contribution in [2.24, 2.45) is 0 Å². The van der Waals surface area contributed by atoms with Crippen molar-refractivity contribution in [2.45, 2.75) is 6.54 Å². The summed E-state index contributed by atoms with van der Waals surface area (Å²) >= 11 is 12.0. The van der Waals surface area contributed by atoms with E-state index in [2.05, 4.69) is 5.32 Å². The van der Waals surface area contributed by atoms with E-state index < -0.39 is 5.91 Å². The molecule has 3 aromatic rings. The lowest BCUT2D eigenvalue weighted by Crippen LogP contribution is -2.18. The fraction of sp³-hybridized carbons (Fsp3) is 0.0588. The average Bonchev–Trinajstić information content (AvgIpc) is 3.03. The van der Waals surface area contributed by atoms with Crippen LogP contribution in [0.25, 0.3) is 0 Å². The maximum atomic E-state index is 12.2. The zero-order valence-electron chi connectivity index (χ0n) is 12.3. The lowest BCUT2D eigenvalue weighted by molar-refractivity contribution is 0.0995. The number of hydrogen-bond donors (Lipinski definition) is 1. The summed E-state index contributed by atoms with van der Waals surface area (Å²) in [5.74, 6) is 0.154. The second-order valence-corrected chi connectivity index (χ2v) is 5.77. The van der Waals surface area contributed by atoms with Crippen molar-refractivity contribution in [3.8, 4) is 0 Å². The minimum absolute atomic E-state index is 0.116. The first-order valence-electron chi connectivity index (χ1n) is 7.04. The van der Waals surface area contributed by atoms with Crippen molar-refractivity contribution in [2.75, 3.05) is 5.32 Å². The van der Waals surface area contributed by atoms with E-state index in [0.29, 0.717) is 16.5 Å². The minimum atomic E-state index is -0.453. The summed E-state index contributed by atoms with van der Waals surface area (Å²) in [7, 11) is 0. The van der Waals surface area contributed by atoms with E-state index in [4.69, 9.17) is 27.6 Å². The third kappa shape index (κ3) is 3.53. The number of anilines is 1. The number of nitrogens with one attached hydrogen (secondary N) is 1. The average molecular weight is 363 g/mol. The van der Waals surface area contributed by atoms with Crippen molar-refractivity contribution in [3.63, 3.8) is 0 Å². The lowest BCUT2D eigenvalue weighted by Gasteiger charge is -2.06. The van der Waals surface area contributed by atoms with E-state index in [1.165, 1.54) is 16.7 Å². The third-order valence-electron chi connectivity index (χ3n) is 3.31. The van der Waals surface area contributed by atoms with Gasteiger partial charge < -0.3 is 14.3 Å². The summed E-state index contributed by atoms with van der Waals surface area (Å²) in [5, 5.41) is 3.24. The summed E-state index contributed by atoms with van der Waals surface area (Å²) in [6, 6.07) is 13.0. The summed E-state index contributed by atoms with van der Waals surface area (Å²) < 4.78 is 6.98. The molecule has 2 heterocycles. The highest BCUT2D eigenvalue weighted by Gasteiger charge is 2.14. The quantitative estimate of drug-likeness (QED) is 0.761. The van der Waals surface area contributed by atoms with Gasteiger partial charge in [0.25, 0.3) is 11.5 Å². The molecule has 7 heteroatoms. The zero-order chi connectivity index (χ0) is 17.1. The van der Waals surface area contributed by atoms with Crippen molar-refractivity contribution < 1.29 is 9.21 Å². The Hall–Kier alpha value is -2.50. The maximum absolute atomic E-state index is 12.2. The fourth-order valence-electron chi connectivity index (χ4n) is 2.13. The number of pyridine rings is 1. The Balaban J connectivity index is 1.75. The highest BCUT2D eigenvalue weighted by molar-refractivity contribution is 6.44. The molecule has 0 saturated carbocycles.